The van der Waals surface area contributed by atoms with Crippen molar-refractivity contribution in [2.24, 2.45) is 11.8 Å². The van der Waals surface area contributed by atoms with Gasteiger partial charge in [-0.2, -0.15) is 13.2 Å². The van der Waals surface area contributed by atoms with E-state index in [-0.39, 0.29) is 13.2 Å². The maximum absolute atomic E-state index is 11.7. The number of carboxylic acids is 1. The number of ether oxygens (including phenoxy) is 1. The molecule has 2 N–H and O–H groups in total. The van der Waals surface area contributed by atoms with Crippen LogP contribution in [0.5, 0.6) is 0 Å². The minimum absolute atomic E-state index is 0.0917. The Bertz CT molecular complexity index is 293. The van der Waals surface area contributed by atoms with Gasteiger partial charge in [0.05, 0.1) is 12.5 Å². The fourth-order valence-corrected chi connectivity index (χ4v) is 1.04. The molecule has 0 aromatic heterocycles. The van der Waals surface area contributed by atoms with Crippen LogP contribution in [0.4, 0.5) is 13.2 Å². The number of carbonyl (C=O) groups excluding carboxylic acids is 1. The van der Waals surface area contributed by atoms with Crippen LogP contribution in [0.1, 0.15) is 13.8 Å². The van der Waals surface area contributed by atoms with Crippen molar-refractivity contribution in [3.05, 3.63) is 0 Å². The van der Waals surface area contributed by atoms with E-state index in [4.69, 9.17) is 5.11 Å². The first-order valence-corrected chi connectivity index (χ1v) is 5.30. The molecule has 8 heteroatoms. The minimum atomic E-state index is -4.39. The molecule has 0 aromatic rings. The molecule has 0 heterocycles. The van der Waals surface area contributed by atoms with Crippen molar-refractivity contribution in [2.75, 3.05) is 19.8 Å². The molecule has 2 unspecified atom stereocenters. The molecule has 0 bridgehead atoms. The zero-order valence-electron chi connectivity index (χ0n) is 10.1. The SMILES string of the molecule is CC(C(=O)O)C(C)C(=O)NCCOCC(F)(F)F. The van der Waals surface area contributed by atoms with Gasteiger partial charge in [-0.25, -0.2) is 0 Å². The van der Waals surface area contributed by atoms with Gasteiger partial charge in [0.2, 0.25) is 5.91 Å². The fraction of sp³-hybridized carbons (Fsp3) is 0.800. The molecule has 0 spiro atoms. The van der Waals surface area contributed by atoms with Gasteiger partial charge in [-0.05, 0) is 0 Å². The minimum Gasteiger partial charge on any atom is -0.481 e. The maximum Gasteiger partial charge on any atom is 0.411 e. The number of alkyl halides is 3. The summed E-state index contributed by atoms with van der Waals surface area (Å²) in [6.07, 6.45) is -4.39. The van der Waals surface area contributed by atoms with Crippen LogP contribution in [0.15, 0.2) is 0 Å². The third-order valence-corrected chi connectivity index (χ3v) is 2.36. The molecule has 0 fully saturated rings. The second-order valence-electron chi connectivity index (χ2n) is 3.87. The summed E-state index contributed by atoms with van der Waals surface area (Å²) in [7, 11) is 0. The summed E-state index contributed by atoms with van der Waals surface area (Å²) in [6, 6.07) is 0. The molecule has 18 heavy (non-hydrogen) atoms. The molecule has 1 amide bonds. The van der Waals surface area contributed by atoms with Gasteiger partial charge in [-0.3, -0.25) is 9.59 Å². The van der Waals surface area contributed by atoms with Gasteiger partial charge >= 0.3 is 12.1 Å². The van der Waals surface area contributed by atoms with Gasteiger partial charge < -0.3 is 15.2 Å². The Morgan fingerprint density at radius 1 is 1.28 bits per heavy atom. The van der Waals surface area contributed by atoms with Crippen molar-refractivity contribution in [1.29, 1.82) is 0 Å². The highest BCUT2D eigenvalue weighted by atomic mass is 19.4. The summed E-state index contributed by atoms with van der Waals surface area (Å²) < 4.78 is 39.3. The number of carbonyl (C=O) groups is 2. The van der Waals surface area contributed by atoms with Gasteiger partial charge in [-0.15, -0.1) is 0 Å². The number of nitrogens with one attached hydrogen (secondary N) is 1. The van der Waals surface area contributed by atoms with Crippen LogP contribution >= 0.6 is 0 Å². The van der Waals surface area contributed by atoms with Crippen molar-refractivity contribution in [1.82, 2.24) is 5.32 Å². The van der Waals surface area contributed by atoms with E-state index in [1.54, 1.807) is 0 Å². The van der Waals surface area contributed by atoms with E-state index in [1.165, 1.54) is 13.8 Å². The molecule has 0 rings (SSSR count). The number of hydrogen-bond donors (Lipinski definition) is 2. The molecule has 0 aliphatic carbocycles. The lowest BCUT2D eigenvalue weighted by atomic mass is 9.95. The van der Waals surface area contributed by atoms with Crippen molar-refractivity contribution in [3.8, 4) is 0 Å². The molecule has 5 nitrogen and oxygen atoms in total. The summed E-state index contributed by atoms with van der Waals surface area (Å²) in [5.41, 5.74) is 0. The van der Waals surface area contributed by atoms with Crippen LogP contribution in [0.3, 0.4) is 0 Å². The average Bonchev–Trinajstić information content (AvgIpc) is 2.24. The third kappa shape index (κ3) is 7.10. The van der Waals surface area contributed by atoms with Crippen molar-refractivity contribution in [3.63, 3.8) is 0 Å². The van der Waals surface area contributed by atoms with Crippen LogP contribution in [0, 0.1) is 11.8 Å². The third-order valence-electron chi connectivity index (χ3n) is 2.36. The quantitative estimate of drug-likeness (QED) is 0.678. The Morgan fingerprint density at radius 3 is 2.28 bits per heavy atom. The monoisotopic (exact) mass is 271 g/mol. The first-order chi connectivity index (χ1) is 8.15. The van der Waals surface area contributed by atoms with Crippen LogP contribution in [-0.2, 0) is 14.3 Å². The predicted octanol–water partition coefficient (Wildman–Crippen LogP) is 1.04. The van der Waals surface area contributed by atoms with E-state index in [9.17, 15) is 22.8 Å². The predicted molar refractivity (Wildman–Crippen MR) is 55.8 cm³/mol. The molecule has 106 valence electrons. The van der Waals surface area contributed by atoms with Crippen LogP contribution in [0.2, 0.25) is 0 Å². The largest absolute Gasteiger partial charge is 0.481 e. The Labute approximate surface area is 102 Å². The first-order valence-electron chi connectivity index (χ1n) is 5.30. The van der Waals surface area contributed by atoms with Crippen molar-refractivity contribution < 1.29 is 32.6 Å². The van der Waals surface area contributed by atoms with E-state index in [2.05, 4.69) is 10.1 Å². The average molecular weight is 271 g/mol. The molecule has 2 atom stereocenters. The summed E-state index contributed by atoms with van der Waals surface area (Å²) in [5.74, 6) is -3.25. The lowest BCUT2D eigenvalue weighted by Crippen LogP contribution is -2.37. The van der Waals surface area contributed by atoms with E-state index >= 15 is 0 Å². The zero-order chi connectivity index (χ0) is 14.3. The smallest absolute Gasteiger partial charge is 0.411 e. The summed E-state index contributed by atoms with van der Waals surface area (Å²) in [6.45, 7) is 1.08. The lowest BCUT2D eigenvalue weighted by Gasteiger charge is -2.15. The zero-order valence-corrected chi connectivity index (χ0v) is 10.1. The van der Waals surface area contributed by atoms with E-state index in [0.717, 1.165) is 0 Å². The number of aliphatic carboxylic acids is 1. The highest BCUT2D eigenvalue weighted by molar-refractivity contribution is 5.84. The second-order valence-corrected chi connectivity index (χ2v) is 3.87. The molecule has 0 aromatic carbocycles. The molecule has 0 saturated heterocycles. The molecular formula is C10H16F3NO4. The van der Waals surface area contributed by atoms with Crippen LogP contribution in [0.25, 0.3) is 0 Å². The number of halogens is 3. The van der Waals surface area contributed by atoms with Gasteiger partial charge in [-0.1, -0.05) is 13.8 Å². The Hall–Kier alpha value is -1.31. The molecule has 0 aliphatic heterocycles. The topological polar surface area (TPSA) is 75.6 Å². The molecule has 0 radical (unpaired) electrons. The summed E-state index contributed by atoms with van der Waals surface area (Å²) in [5, 5.41) is 11.0. The summed E-state index contributed by atoms with van der Waals surface area (Å²) >= 11 is 0. The van der Waals surface area contributed by atoms with Crippen LogP contribution in [-0.4, -0.2) is 42.9 Å². The normalized spacial score (nSPS) is 14.9. The highest BCUT2D eigenvalue weighted by Crippen LogP contribution is 2.14. The number of carboxylic acid groups (broad SMARTS) is 1. The van der Waals surface area contributed by atoms with Crippen molar-refractivity contribution >= 4 is 11.9 Å². The lowest BCUT2D eigenvalue weighted by molar-refractivity contribution is -0.173. The van der Waals surface area contributed by atoms with Crippen molar-refractivity contribution in [2.45, 2.75) is 20.0 Å². The van der Waals surface area contributed by atoms with E-state index in [0.29, 0.717) is 0 Å². The summed E-state index contributed by atoms with van der Waals surface area (Å²) in [4.78, 5) is 22.0. The van der Waals surface area contributed by atoms with Gasteiger partial charge in [0, 0.05) is 12.5 Å². The van der Waals surface area contributed by atoms with Crippen LogP contribution < -0.4 is 5.32 Å². The molecular weight excluding hydrogens is 255 g/mol. The number of amides is 1. The maximum atomic E-state index is 11.7. The Balaban J connectivity index is 3.81. The van der Waals surface area contributed by atoms with Gasteiger partial charge in [0.1, 0.15) is 6.61 Å². The Morgan fingerprint density at radius 2 is 1.83 bits per heavy atom. The van der Waals surface area contributed by atoms with E-state index in [1.807, 2.05) is 0 Å². The number of hydrogen-bond acceptors (Lipinski definition) is 3. The second kappa shape index (κ2) is 7.20. The standard InChI is InChI=1S/C10H16F3NO4/c1-6(7(2)9(16)17)8(15)14-3-4-18-5-10(11,12)13/h6-7H,3-5H2,1-2H3,(H,14,15)(H,16,17). The number of rotatable bonds is 7. The van der Waals surface area contributed by atoms with Gasteiger partial charge in [0.25, 0.3) is 0 Å². The first kappa shape index (κ1) is 16.7. The highest BCUT2D eigenvalue weighted by Gasteiger charge is 2.27. The molecule has 0 aliphatic rings. The fourth-order valence-electron chi connectivity index (χ4n) is 1.04. The Kier molecular flexibility index (Phi) is 6.67. The van der Waals surface area contributed by atoms with Gasteiger partial charge in [0.15, 0.2) is 0 Å². The molecule has 0 saturated carbocycles. The van der Waals surface area contributed by atoms with E-state index < -0.39 is 36.5 Å².